The standard InChI is InChI=1S/C15H20ClN3/c1-10(17)14(9-18-2)11-6-12(8-13(16)7-11)15(19-3)4-5-15/h6-9,19H,4-5,17H2,1-3H3/b14-10+,18-9?. The third-order valence-corrected chi connectivity index (χ3v) is 3.89. The van der Waals surface area contributed by atoms with Crippen LogP contribution in [0, 0.1) is 0 Å². The molecule has 1 saturated carbocycles. The second-order valence-corrected chi connectivity index (χ2v) is 5.48. The Hall–Kier alpha value is -1.32. The first-order chi connectivity index (χ1) is 9.02. The number of nitrogens with two attached hydrogens (primary N) is 1. The van der Waals surface area contributed by atoms with E-state index in [0.717, 1.165) is 34.7 Å². The second kappa shape index (κ2) is 5.35. The highest BCUT2D eigenvalue weighted by molar-refractivity contribution is 6.31. The smallest absolute Gasteiger partial charge is 0.0434 e. The van der Waals surface area contributed by atoms with Crippen LogP contribution in [-0.4, -0.2) is 20.3 Å². The molecule has 2 rings (SSSR count). The molecule has 0 unspecified atom stereocenters. The van der Waals surface area contributed by atoms with Crippen molar-refractivity contribution in [2.75, 3.05) is 14.1 Å². The summed E-state index contributed by atoms with van der Waals surface area (Å²) in [4.78, 5) is 4.07. The van der Waals surface area contributed by atoms with E-state index in [1.54, 1.807) is 13.3 Å². The van der Waals surface area contributed by atoms with Gasteiger partial charge in [-0.15, -0.1) is 0 Å². The molecular weight excluding hydrogens is 258 g/mol. The molecule has 1 fully saturated rings. The Balaban J connectivity index is 2.51. The van der Waals surface area contributed by atoms with E-state index in [1.807, 2.05) is 26.1 Å². The van der Waals surface area contributed by atoms with Crippen LogP contribution in [0.25, 0.3) is 5.57 Å². The van der Waals surface area contributed by atoms with Gasteiger partial charge in [-0.3, -0.25) is 4.99 Å². The van der Waals surface area contributed by atoms with Gasteiger partial charge >= 0.3 is 0 Å². The number of rotatable bonds is 4. The largest absolute Gasteiger partial charge is 0.402 e. The summed E-state index contributed by atoms with van der Waals surface area (Å²) in [5.41, 5.74) is 9.95. The van der Waals surface area contributed by atoms with Gasteiger partial charge in [0.25, 0.3) is 0 Å². The molecule has 1 aliphatic carbocycles. The zero-order valence-corrected chi connectivity index (χ0v) is 12.4. The van der Waals surface area contributed by atoms with Crippen LogP contribution in [0.3, 0.4) is 0 Å². The third kappa shape index (κ3) is 2.82. The zero-order chi connectivity index (χ0) is 14.0. The highest BCUT2D eigenvalue weighted by Gasteiger charge is 2.42. The van der Waals surface area contributed by atoms with Crippen molar-refractivity contribution in [3.05, 3.63) is 40.0 Å². The molecule has 3 nitrogen and oxygen atoms in total. The lowest BCUT2D eigenvalue weighted by molar-refractivity contribution is 0.585. The van der Waals surface area contributed by atoms with Crippen molar-refractivity contribution in [1.29, 1.82) is 0 Å². The molecule has 1 aliphatic rings. The molecule has 0 saturated heterocycles. The van der Waals surface area contributed by atoms with Crippen LogP contribution in [0.2, 0.25) is 5.02 Å². The van der Waals surface area contributed by atoms with Gasteiger partial charge in [-0.25, -0.2) is 0 Å². The van der Waals surface area contributed by atoms with Gasteiger partial charge in [-0.1, -0.05) is 11.6 Å². The molecule has 0 aliphatic heterocycles. The fraction of sp³-hybridized carbons (Fsp3) is 0.400. The van der Waals surface area contributed by atoms with Crippen LogP contribution >= 0.6 is 11.6 Å². The minimum atomic E-state index is 0.0939. The SMILES string of the molecule is CN=C/C(=C(/C)N)c1cc(Cl)cc(C2(NC)CC2)c1. The van der Waals surface area contributed by atoms with Gasteiger partial charge in [0, 0.05) is 35.1 Å². The Morgan fingerprint density at radius 1 is 1.42 bits per heavy atom. The molecule has 0 bridgehead atoms. The lowest BCUT2D eigenvalue weighted by atomic mass is 9.97. The number of halogens is 1. The lowest BCUT2D eigenvalue weighted by Gasteiger charge is -2.17. The summed E-state index contributed by atoms with van der Waals surface area (Å²) < 4.78 is 0. The lowest BCUT2D eigenvalue weighted by Crippen LogP contribution is -2.24. The molecule has 1 aromatic carbocycles. The van der Waals surface area contributed by atoms with Crippen LogP contribution in [0.4, 0.5) is 0 Å². The molecule has 0 radical (unpaired) electrons. The normalized spacial score (nSPS) is 18.5. The average Bonchev–Trinajstić information content (AvgIpc) is 3.15. The highest BCUT2D eigenvalue weighted by Crippen LogP contribution is 2.46. The van der Waals surface area contributed by atoms with E-state index in [1.165, 1.54) is 5.56 Å². The predicted octanol–water partition coefficient (Wildman–Crippen LogP) is 2.94. The molecule has 19 heavy (non-hydrogen) atoms. The Kier molecular flexibility index (Phi) is 3.97. The number of hydrogen-bond donors (Lipinski definition) is 2. The average molecular weight is 278 g/mol. The predicted molar refractivity (Wildman–Crippen MR) is 82.6 cm³/mol. The van der Waals surface area contributed by atoms with Crippen LogP contribution in [-0.2, 0) is 5.54 Å². The quantitative estimate of drug-likeness (QED) is 0.832. The van der Waals surface area contributed by atoms with E-state index in [4.69, 9.17) is 17.3 Å². The van der Waals surface area contributed by atoms with Crippen molar-refractivity contribution in [3.8, 4) is 0 Å². The van der Waals surface area contributed by atoms with E-state index in [2.05, 4.69) is 16.4 Å². The summed E-state index contributed by atoms with van der Waals surface area (Å²) >= 11 is 6.25. The molecule has 0 spiro atoms. The summed E-state index contributed by atoms with van der Waals surface area (Å²) in [5, 5.41) is 4.12. The first-order valence-electron chi connectivity index (χ1n) is 6.41. The maximum atomic E-state index is 6.25. The third-order valence-electron chi connectivity index (χ3n) is 3.67. The summed E-state index contributed by atoms with van der Waals surface area (Å²) in [6.07, 6.45) is 4.07. The highest BCUT2D eigenvalue weighted by atomic mass is 35.5. The van der Waals surface area contributed by atoms with Crippen LogP contribution in [0.5, 0.6) is 0 Å². The van der Waals surface area contributed by atoms with Gasteiger partial charge in [0.15, 0.2) is 0 Å². The van der Waals surface area contributed by atoms with Gasteiger partial charge in [0.05, 0.1) is 0 Å². The Labute approximate surface area is 119 Å². The zero-order valence-electron chi connectivity index (χ0n) is 11.6. The number of allylic oxidation sites excluding steroid dienone is 2. The molecule has 0 amide bonds. The van der Waals surface area contributed by atoms with Crippen molar-refractivity contribution in [2.24, 2.45) is 10.7 Å². The van der Waals surface area contributed by atoms with Gasteiger partial charge in [0.2, 0.25) is 0 Å². The summed E-state index contributed by atoms with van der Waals surface area (Å²) in [6, 6.07) is 6.12. The maximum absolute atomic E-state index is 6.25. The number of nitrogens with zero attached hydrogens (tertiary/aromatic N) is 1. The van der Waals surface area contributed by atoms with Gasteiger partial charge in [0.1, 0.15) is 0 Å². The molecule has 102 valence electrons. The van der Waals surface area contributed by atoms with Crippen LogP contribution in [0.15, 0.2) is 28.9 Å². The number of aliphatic imine (C=N–C) groups is 1. The van der Waals surface area contributed by atoms with E-state index < -0.39 is 0 Å². The van der Waals surface area contributed by atoms with Crippen molar-refractivity contribution >= 4 is 23.4 Å². The number of nitrogens with one attached hydrogen (secondary N) is 1. The monoisotopic (exact) mass is 277 g/mol. The topological polar surface area (TPSA) is 50.4 Å². The molecule has 3 N–H and O–H groups in total. The van der Waals surface area contributed by atoms with Gasteiger partial charge in [-0.05, 0) is 56.1 Å². The van der Waals surface area contributed by atoms with Gasteiger partial charge in [-0.2, -0.15) is 0 Å². The van der Waals surface area contributed by atoms with Crippen LogP contribution in [0.1, 0.15) is 30.9 Å². The molecular formula is C15H20ClN3. The molecule has 4 heteroatoms. The first kappa shape index (κ1) is 14.1. The summed E-state index contributed by atoms with van der Waals surface area (Å²) in [7, 11) is 3.73. The van der Waals surface area contributed by atoms with Crippen molar-refractivity contribution in [2.45, 2.75) is 25.3 Å². The van der Waals surface area contributed by atoms with Crippen LogP contribution < -0.4 is 11.1 Å². The fourth-order valence-electron chi connectivity index (χ4n) is 2.36. The molecule has 0 heterocycles. The summed E-state index contributed by atoms with van der Waals surface area (Å²) in [6.45, 7) is 1.88. The first-order valence-corrected chi connectivity index (χ1v) is 6.79. The van der Waals surface area contributed by atoms with Crippen molar-refractivity contribution < 1.29 is 0 Å². The molecule has 0 aromatic heterocycles. The maximum Gasteiger partial charge on any atom is 0.0434 e. The molecule has 1 aromatic rings. The Morgan fingerprint density at radius 2 is 2.11 bits per heavy atom. The van der Waals surface area contributed by atoms with Gasteiger partial charge < -0.3 is 11.1 Å². The second-order valence-electron chi connectivity index (χ2n) is 5.04. The van der Waals surface area contributed by atoms with E-state index in [9.17, 15) is 0 Å². The molecule has 0 atom stereocenters. The van der Waals surface area contributed by atoms with E-state index in [0.29, 0.717) is 0 Å². The Bertz CT molecular complexity index is 538. The van der Waals surface area contributed by atoms with Crippen molar-refractivity contribution in [3.63, 3.8) is 0 Å². The minimum Gasteiger partial charge on any atom is -0.402 e. The van der Waals surface area contributed by atoms with E-state index >= 15 is 0 Å². The number of hydrogen-bond acceptors (Lipinski definition) is 3. The van der Waals surface area contributed by atoms with E-state index in [-0.39, 0.29) is 5.54 Å². The Morgan fingerprint density at radius 3 is 2.58 bits per heavy atom. The fourth-order valence-corrected chi connectivity index (χ4v) is 2.60. The van der Waals surface area contributed by atoms with Crippen molar-refractivity contribution in [1.82, 2.24) is 5.32 Å². The number of benzene rings is 1. The minimum absolute atomic E-state index is 0.0939. The summed E-state index contributed by atoms with van der Waals surface area (Å²) in [5.74, 6) is 0.